The Bertz CT molecular complexity index is 475. The number of halogens is 1. The predicted octanol–water partition coefficient (Wildman–Crippen LogP) is 1.55. The summed E-state index contributed by atoms with van der Waals surface area (Å²) in [5, 5.41) is 8.78. The Morgan fingerprint density at radius 1 is 1.47 bits per heavy atom. The maximum Gasteiger partial charge on any atom is 0.303 e. The van der Waals surface area contributed by atoms with E-state index in [-0.39, 0.29) is 18.2 Å². The molecule has 2 rings (SSSR count). The van der Waals surface area contributed by atoms with E-state index in [9.17, 15) is 14.0 Å². The first kappa shape index (κ1) is 13.5. The van der Waals surface area contributed by atoms with E-state index in [0.717, 1.165) is 18.9 Å². The summed E-state index contributed by atoms with van der Waals surface area (Å²) in [7, 11) is 0. The van der Waals surface area contributed by atoms with Gasteiger partial charge in [0, 0.05) is 25.7 Å². The summed E-state index contributed by atoms with van der Waals surface area (Å²) in [4.78, 5) is 27.9. The highest BCUT2D eigenvalue weighted by Gasteiger charge is 2.26. The first-order valence-corrected chi connectivity index (χ1v) is 6.19. The minimum atomic E-state index is -0.845. The normalized spacial score (nSPS) is 19.2. The van der Waals surface area contributed by atoms with Crippen LogP contribution in [-0.4, -0.2) is 40.0 Å². The molecule has 0 saturated carbocycles. The maximum absolute atomic E-state index is 12.7. The fourth-order valence-electron chi connectivity index (χ4n) is 2.35. The highest BCUT2D eigenvalue weighted by molar-refractivity contribution is 5.94. The number of rotatable bonds is 3. The summed E-state index contributed by atoms with van der Waals surface area (Å²) >= 11 is 0. The van der Waals surface area contributed by atoms with Crippen LogP contribution < -0.4 is 0 Å². The zero-order valence-corrected chi connectivity index (χ0v) is 10.4. The molecule has 102 valence electrons. The smallest absolute Gasteiger partial charge is 0.303 e. The van der Waals surface area contributed by atoms with Crippen LogP contribution >= 0.6 is 0 Å². The molecule has 1 saturated heterocycles. The summed E-state index contributed by atoms with van der Waals surface area (Å²) in [6.45, 7) is 1.04. The molecule has 6 heteroatoms. The van der Waals surface area contributed by atoms with Crippen molar-refractivity contribution in [1.82, 2.24) is 9.88 Å². The van der Waals surface area contributed by atoms with Gasteiger partial charge in [-0.25, -0.2) is 4.98 Å². The Morgan fingerprint density at radius 3 is 2.89 bits per heavy atom. The van der Waals surface area contributed by atoms with Gasteiger partial charge in [0.05, 0.1) is 5.56 Å². The van der Waals surface area contributed by atoms with E-state index < -0.39 is 11.9 Å². The Morgan fingerprint density at radius 2 is 2.26 bits per heavy atom. The number of carbonyl (C=O) groups excluding carboxylic acids is 1. The minimum Gasteiger partial charge on any atom is -0.481 e. The van der Waals surface area contributed by atoms with Crippen LogP contribution in [0.5, 0.6) is 0 Å². The second-order valence-electron chi connectivity index (χ2n) is 4.73. The number of carboxylic acid groups (broad SMARTS) is 1. The number of hydrogen-bond acceptors (Lipinski definition) is 3. The van der Waals surface area contributed by atoms with Crippen LogP contribution in [0.1, 0.15) is 29.6 Å². The van der Waals surface area contributed by atoms with E-state index in [2.05, 4.69) is 4.98 Å². The van der Waals surface area contributed by atoms with Crippen LogP contribution in [0, 0.1) is 11.9 Å². The first-order chi connectivity index (χ1) is 9.06. The number of nitrogens with zero attached hydrogens (tertiary/aromatic N) is 2. The van der Waals surface area contributed by atoms with Crippen LogP contribution in [-0.2, 0) is 4.79 Å². The molecule has 2 heterocycles. The Balaban J connectivity index is 2.02. The fraction of sp³-hybridized carbons (Fsp3) is 0.462. The maximum atomic E-state index is 12.7. The first-order valence-electron chi connectivity index (χ1n) is 6.19. The number of amides is 1. The molecule has 1 atom stereocenters. The van der Waals surface area contributed by atoms with Crippen molar-refractivity contribution in [2.24, 2.45) is 5.92 Å². The van der Waals surface area contributed by atoms with Crippen molar-refractivity contribution in [2.75, 3.05) is 13.1 Å². The molecule has 5 nitrogen and oxygen atoms in total. The highest BCUT2D eigenvalue weighted by atomic mass is 19.1. The lowest BCUT2D eigenvalue weighted by atomic mass is 9.94. The monoisotopic (exact) mass is 266 g/mol. The molecule has 0 aliphatic carbocycles. The van der Waals surface area contributed by atoms with E-state index in [1.807, 2.05) is 0 Å². The molecule has 1 aliphatic heterocycles. The third-order valence-corrected chi connectivity index (χ3v) is 3.24. The largest absolute Gasteiger partial charge is 0.481 e. The summed E-state index contributed by atoms with van der Waals surface area (Å²) in [6.07, 6.45) is 2.89. The van der Waals surface area contributed by atoms with E-state index in [4.69, 9.17) is 5.11 Å². The molecule has 19 heavy (non-hydrogen) atoms. The van der Waals surface area contributed by atoms with Crippen molar-refractivity contribution < 1.29 is 19.1 Å². The molecule has 0 bridgehead atoms. The fourth-order valence-corrected chi connectivity index (χ4v) is 2.35. The van der Waals surface area contributed by atoms with Crippen molar-refractivity contribution in [1.29, 1.82) is 0 Å². The van der Waals surface area contributed by atoms with E-state index in [0.29, 0.717) is 18.7 Å². The Labute approximate surface area is 110 Å². The van der Waals surface area contributed by atoms with Gasteiger partial charge in [0.25, 0.3) is 5.91 Å². The molecule has 1 fully saturated rings. The number of piperidine rings is 1. The number of aliphatic carboxylic acids is 1. The van der Waals surface area contributed by atoms with Gasteiger partial charge in [-0.3, -0.25) is 9.59 Å². The number of aromatic nitrogens is 1. The van der Waals surface area contributed by atoms with Gasteiger partial charge in [0.1, 0.15) is 0 Å². The standard InChI is InChI=1S/C13H15FN2O3/c14-11-4-3-10(7-15-11)13(19)16-5-1-2-9(8-16)6-12(17)18/h3-4,7,9H,1-2,5-6,8H2,(H,17,18). The average molecular weight is 266 g/mol. The summed E-state index contributed by atoms with van der Waals surface area (Å²) in [5.74, 6) is -1.70. The molecule has 1 aromatic heterocycles. The van der Waals surface area contributed by atoms with Crippen LogP contribution in [0.4, 0.5) is 4.39 Å². The van der Waals surface area contributed by atoms with E-state index >= 15 is 0 Å². The van der Waals surface area contributed by atoms with E-state index in [1.165, 1.54) is 12.3 Å². The quantitative estimate of drug-likeness (QED) is 0.843. The lowest BCUT2D eigenvalue weighted by molar-refractivity contribution is -0.138. The molecule has 1 aliphatic rings. The summed E-state index contributed by atoms with van der Waals surface area (Å²) < 4.78 is 12.7. The zero-order chi connectivity index (χ0) is 13.8. The van der Waals surface area contributed by atoms with Gasteiger partial charge < -0.3 is 10.0 Å². The number of hydrogen-bond donors (Lipinski definition) is 1. The van der Waals surface area contributed by atoms with Gasteiger partial charge in [-0.2, -0.15) is 4.39 Å². The van der Waals surface area contributed by atoms with Gasteiger partial charge in [-0.1, -0.05) is 0 Å². The molecule has 0 radical (unpaired) electrons. The van der Waals surface area contributed by atoms with Gasteiger partial charge in [-0.15, -0.1) is 0 Å². The molecule has 1 aromatic rings. The number of carboxylic acids is 1. The van der Waals surface area contributed by atoms with Gasteiger partial charge in [-0.05, 0) is 30.9 Å². The van der Waals surface area contributed by atoms with Gasteiger partial charge in [0.2, 0.25) is 5.95 Å². The SMILES string of the molecule is O=C(O)CC1CCCN(C(=O)c2ccc(F)nc2)C1. The van der Waals surface area contributed by atoms with Gasteiger partial charge >= 0.3 is 5.97 Å². The van der Waals surface area contributed by atoms with Crippen molar-refractivity contribution in [2.45, 2.75) is 19.3 Å². The van der Waals surface area contributed by atoms with Crippen molar-refractivity contribution in [3.63, 3.8) is 0 Å². The summed E-state index contributed by atoms with van der Waals surface area (Å²) in [6, 6.07) is 2.54. The summed E-state index contributed by atoms with van der Waals surface area (Å²) in [5.41, 5.74) is 0.331. The second kappa shape index (κ2) is 5.77. The lowest BCUT2D eigenvalue weighted by Crippen LogP contribution is -2.40. The number of carbonyl (C=O) groups is 2. The topological polar surface area (TPSA) is 70.5 Å². The number of likely N-dealkylation sites (tertiary alicyclic amines) is 1. The van der Waals surface area contributed by atoms with Crippen molar-refractivity contribution in [3.05, 3.63) is 29.8 Å². The molecule has 1 N–H and O–H groups in total. The van der Waals surface area contributed by atoms with E-state index in [1.54, 1.807) is 4.90 Å². The molecular formula is C13H15FN2O3. The third-order valence-electron chi connectivity index (χ3n) is 3.24. The van der Waals surface area contributed by atoms with Crippen molar-refractivity contribution >= 4 is 11.9 Å². The molecule has 1 unspecified atom stereocenters. The van der Waals surface area contributed by atoms with Crippen LogP contribution in [0.25, 0.3) is 0 Å². The predicted molar refractivity (Wildman–Crippen MR) is 65.1 cm³/mol. The lowest BCUT2D eigenvalue weighted by Gasteiger charge is -2.32. The average Bonchev–Trinajstić information content (AvgIpc) is 2.38. The zero-order valence-electron chi connectivity index (χ0n) is 10.4. The Hall–Kier alpha value is -1.98. The minimum absolute atomic E-state index is 0.0105. The highest BCUT2D eigenvalue weighted by Crippen LogP contribution is 2.21. The van der Waals surface area contributed by atoms with Crippen LogP contribution in [0.3, 0.4) is 0 Å². The second-order valence-corrected chi connectivity index (χ2v) is 4.73. The van der Waals surface area contributed by atoms with Crippen molar-refractivity contribution in [3.8, 4) is 0 Å². The number of pyridine rings is 1. The van der Waals surface area contributed by atoms with Crippen LogP contribution in [0.2, 0.25) is 0 Å². The van der Waals surface area contributed by atoms with Crippen LogP contribution in [0.15, 0.2) is 18.3 Å². The molecule has 0 aromatic carbocycles. The molecular weight excluding hydrogens is 251 g/mol. The third kappa shape index (κ3) is 3.49. The van der Waals surface area contributed by atoms with Gasteiger partial charge in [0.15, 0.2) is 0 Å². The molecule has 1 amide bonds. The molecule has 0 spiro atoms. The Kier molecular flexibility index (Phi) is 4.09.